The van der Waals surface area contributed by atoms with Crippen molar-refractivity contribution >= 4 is 18.3 Å². The van der Waals surface area contributed by atoms with Crippen molar-refractivity contribution in [2.45, 2.75) is 25.5 Å². The van der Waals surface area contributed by atoms with Crippen molar-refractivity contribution in [1.82, 2.24) is 10.6 Å². The van der Waals surface area contributed by atoms with E-state index >= 15 is 0 Å². The lowest BCUT2D eigenvalue weighted by Gasteiger charge is -2.24. The van der Waals surface area contributed by atoms with Gasteiger partial charge in [0.05, 0.1) is 7.11 Å². The molecular formula is C14H19ClF2N2O3. The van der Waals surface area contributed by atoms with Gasteiger partial charge in [-0.25, -0.2) is 0 Å². The van der Waals surface area contributed by atoms with Crippen LogP contribution >= 0.6 is 12.4 Å². The molecule has 1 fully saturated rings. The molecule has 1 aromatic carbocycles. The summed E-state index contributed by atoms with van der Waals surface area (Å²) in [5, 5.41) is 6.06. The SMILES string of the molecule is COc1ccc(C(=O)N[C@H]2CCCNC2)cc1OC(F)F.Cl. The summed E-state index contributed by atoms with van der Waals surface area (Å²) < 4.78 is 34.0. The Bertz CT molecular complexity index is 497. The Morgan fingerprint density at radius 2 is 2.18 bits per heavy atom. The Hall–Kier alpha value is -1.60. The Morgan fingerprint density at radius 3 is 2.77 bits per heavy atom. The topological polar surface area (TPSA) is 59.6 Å². The number of amides is 1. The van der Waals surface area contributed by atoms with E-state index in [-0.39, 0.29) is 41.4 Å². The van der Waals surface area contributed by atoms with Crippen molar-refractivity contribution in [3.8, 4) is 11.5 Å². The molecule has 1 aliphatic heterocycles. The third-order valence-corrected chi connectivity index (χ3v) is 3.27. The van der Waals surface area contributed by atoms with Crippen LogP contribution in [-0.4, -0.2) is 38.8 Å². The van der Waals surface area contributed by atoms with Crippen molar-refractivity contribution in [3.63, 3.8) is 0 Å². The smallest absolute Gasteiger partial charge is 0.387 e. The maximum atomic E-state index is 12.4. The largest absolute Gasteiger partial charge is 0.493 e. The number of methoxy groups -OCH3 is 1. The van der Waals surface area contributed by atoms with Crippen molar-refractivity contribution in [1.29, 1.82) is 0 Å². The van der Waals surface area contributed by atoms with E-state index in [1.54, 1.807) is 0 Å². The van der Waals surface area contributed by atoms with Crippen LogP contribution in [0.3, 0.4) is 0 Å². The van der Waals surface area contributed by atoms with Gasteiger partial charge in [-0.1, -0.05) is 0 Å². The van der Waals surface area contributed by atoms with E-state index in [1.807, 2.05) is 0 Å². The zero-order valence-corrected chi connectivity index (χ0v) is 12.9. The van der Waals surface area contributed by atoms with Gasteiger partial charge in [0.1, 0.15) is 0 Å². The molecule has 8 heteroatoms. The summed E-state index contributed by atoms with van der Waals surface area (Å²) in [7, 11) is 1.35. The zero-order valence-electron chi connectivity index (χ0n) is 12.1. The van der Waals surface area contributed by atoms with Gasteiger partial charge in [0.25, 0.3) is 5.91 Å². The van der Waals surface area contributed by atoms with Gasteiger partial charge in [-0.15, -0.1) is 12.4 Å². The van der Waals surface area contributed by atoms with Gasteiger partial charge in [-0.2, -0.15) is 8.78 Å². The van der Waals surface area contributed by atoms with Crippen molar-refractivity contribution in [2.24, 2.45) is 0 Å². The minimum atomic E-state index is -2.97. The highest BCUT2D eigenvalue weighted by molar-refractivity contribution is 5.95. The van der Waals surface area contributed by atoms with Crippen molar-refractivity contribution < 1.29 is 23.0 Å². The minimum Gasteiger partial charge on any atom is -0.493 e. The summed E-state index contributed by atoms with van der Waals surface area (Å²) in [5.41, 5.74) is 0.261. The molecule has 1 amide bonds. The summed E-state index contributed by atoms with van der Waals surface area (Å²) in [4.78, 5) is 12.1. The fourth-order valence-electron chi connectivity index (χ4n) is 2.25. The van der Waals surface area contributed by atoms with E-state index in [9.17, 15) is 13.6 Å². The van der Waals surface area contributed by atoms with Crippen molar-refractivity contribution in [2.75, 3.05) is 20.2 Å². The lowest BCUT2D eigenvalue weighted by Crippen LogP contribution is -2.45. The Balaban J connectivity index is 0.00000242. The summed E-state index contributed by atoms with van der Waals surface area (Å²) in [6.07, 6.45) is 1.89. The fraction of sp³-hybridized carbons (Fsp3) is 0.500. The van der Waals surface area contributed by atoms with Gasteiger partial charge < -0.3 is 20.1 Å². The van der Waals surface area contributed by atoms with Crippen LogP contribution in [0.25, 0.3) is 0 Å². The normalized spacial score (nSPS) is 17.5. The molecule has 5 nitrogen and oxygen atoms in total. The summed E-state index contributed by atoms with van der Waals surface area (Å²) in [6.45, 7) is -1.32. The minimum absolute atomic E-state index is 0. The number of nitrogens with one attached hydrogen (secondary N) is 2. The third kappa shape index (κ3) is 4.99. The molecule has 0 aromatic heterocycles. The van der Waals surface area contributed by atoms with Gasteiger partial charge >= 0.3 is 6.61 Å². The highest BCUT2D eigenvalue weighted by atomic mass is 35.5. The number of halogens is 3. The predicted molar refractivity (Wildman–Crippen MR) is 80.2 cm³/mol. The van der Waals surface area contributed by atoms with E-state index in [0.29, 0.717) is 6.54 Å². The molecule has 124 valence electrons. The standard InChI is InChI=1S/C14H18F2N2O3.ClH/c1-20-11-5-4-9(7-12(11)21-14(15)16)13(19)18-10-3-2-6-17-8-10;/h4-5,7,10,14,17H,2-3,6,8H2,1H3,(H,18,19);1H/t10-;/m0./s1. The lowest BCUT2D eigenvalue weighted by molar-refractivity contribution is -0.0512. The second kappa shape index (κ2) is 8.75. The molecule has 0 bridgehead atoms. The van der Waals surface area contributed by atoms with Crippen LogP contribution in [-0.2, 0) is 0 Å². The second-order valence-electron chi connectivity index (χ2n) is 4.76. The molecule has 1 aliphatic rings. The summed E-state index contributed by atoms with van der Waals surface area (Å²) in [6, 6.07) is 4.26. The van der Waals surface area contributed by atoms with Crippen LogP contribution in [0, 0.1) is 0 Å². The number of carbonyl (C=O) groups is 1. The predicted octanol–water partition coefficient (Wildman–Crippen LogP) is 2.20. The molecule has 2 rings (SSSR count). The lowest BCUT2D eigenvalue weighted by atomic mass is 10.1. The molecule has 0 spiro atoms. The highest BCUT2D eigenvalue weighted by Gasteiger charge is 2.18. The van der Waals surface area contributed by atoms with E-state index in [4.69, 9.17) is 4.74 Å². The molecule has 0 aliphatic carbocycles. The average molecular weight is 337 g/mol. The highest BCUT2D eigenvalue weighted by Crippen LogP contribution is 2.29. The number of hydrogen-bond donors (Lipinski definition) is 2. The summed E-state index contributed by atoms with van der Waals surface area (Å²) in [5.74, 6) is -0.307. The van der Waals surface area contributed by atoms with E-state index in [1.165, 1.54) is 25.3 Å². The van der Waals surface area contributed by atoms with E-state index < -0.39 is 6.61 Å². The number of piperidine rings is 1. The average Bonchev–Trinajstić information content (AvgIpc) is 2.47. The molecule has 2 N–H and O–H groups in total. The number of ether oxygens (including phenoxy) is 2. The van der Waals surface area contributed by atoms with Crippen molar-refractivity contribution in [3.05, 3.63) is 23.8 Å². The van der Waals surface area contributed by atoms with Crippen LogP contribution in [0.2, 0.25) is 0 Å². The van der Waals surface area contributed by atoms with Crippen LogP contribution in [0.5, 0.6) is 11.5 Å². The monoisotopic (exact) mass is 336 g/mol. The number of hydrogen-bond acceptors (Lipinski definition) is 4. The number of benzene rings is 1. The first-order chi connectivity index (χ1) is 10.1. The van der Waals surface area contributed by atoms with E-state index in [2.05, 4.69) is 15.4 Å². The van der Waals surface area contributed by atoms with Crippen LogP contribution < -0.4 is 20.1 Å². The Kier molecular flexibility index (Phi) is 7.34. The molecular weight excluding hydrogens is 318 g/mol. The molecule has 1 saturated heterocycles. The first-order valence-electron chi connectivity index (χ1n) is 6.74. The maximum Gasteiger partial charge on any atom is 0.387 e. The Labute approximate surface area is 133 Å². The molecule has 1 aromatic rings. The van der Waals surface area contributed by atoms with Gasteiger partial charge in [0, 0.05) is 18.2 Å². The maximum absolute atomic E-state index is 12.4. The first kappa shape index (κ1) is 18.4. The van der Waals surface area contributed by atoms with E-state index in [0.717, 1.165) is 19.4 Å². The Morgan fingerprint density at radius 1 is 1.41 bits per heavy atom. The third-order valence-electron chi connectivity index (χ3n) is 3.27. The van der Waals surface area contributed by atoms with Gasteiger partial charge in [-0.05, 0) is 37.6 Å². The molecule has 0 radical (unpaired) electrons. The van der Waals surface area contributed by atoms with Gasteiger partial charge in [0.15, 0.2) is 11.5 Å². The quantitative estimate of drug-likeness (QED) is 0.865. The second-order valence-corrected chi connectivity index (χ2v) is 4.76. The van der Waals surface area contributed by atoms with Crippen LogP contribution in [0.15, 0.2) is 18.2 Å². The fourth-order valence-corrected chi connectivity index (χ4v) is 2.25. The zero-order chi connectivity index (χ0) is 15.2. The molecule has 0 saturated carbocycles. The molecule has 1 atom stereocenters. The molecule has 1 heterocycles. The molecule has 22 heavy (non-hydrogen) atoms. The number of rotatable bonds is 5. The van der Waals surface area contributed by atoms with Gasteiger partial charge in [-0.3, -0.25) is 4.79 Å². The molecule has 0 unspecified atom stereocenters. The first-order valence-corrected chi connectivity index (χ1v) is 6.74. The number of alkyl halides is 2. The number of carbonyl (C=O) groups excluding carboxylic acids is 1. The van der Waals surface area contributed by atoms with Gasteiger partial charge in [0.2, 0.25) is 0 Å². The van der Waals surface area contributed by atoms with Crippen LogP contribution in [0.4, 0.5) is 8.78 Å². The summed E-state index contributed by atoms with van der Waals surface area (Å²) >= 11 is 0. The van der Waals surface area contributed by atoms with Crippen LogP contribution in [0.1, 0.15) is 23.2 Å².